The number of rotatable bonds is 1. The summed E-state index contributed by atoms with van der Waals surface area (Å²) in [6.07, 6.45) is 1.28. The lowest BCUT2D eigenvalue weighted by Gasteiger charge is -2.19. The number of nitrogens with one attached hydrogen (secondary N) is 1. The molecule has 0 bridgehead atoms. The molecule has 2 heterocycles. The molecule has 2 atom stereocenters. The molecule has 0 saturated carbocycles. The molecule has 5 heteroatoms. The van der Waals surface area contributed by atoms with Gasteiger partial charge in [0.25, 0.3) is 0 Å². The molecule has 0 radical (unpaired) electrons. The molecule has 0 aromatic carbocycles. The van der Waals surface area contributed by atoms with Gasteiger partial charge in [0.2, 0.25) is 11.8 Å². The maximum Gasteiger partial charge on any atom is 0.245 e. The number of β-amino-alcohol motifs (C(OH)–C–C–N with tert-alkyl or cyclic N) is 1. The molecule has 0 aliphatic carbocycles. The summed E-state index contributed by atoms with van der Waals surface area (Å²) in [7, 11) is 0. The third-order valence-corrected chi connectivity index (χ3v) is 2.77. The molecule has 2 amide bonds. The third kappa shape index (κ3) is 1.72. The van der Waals surface area contributed by atoms with Crippen molar-refractivity contribution in [2.75, 3.05) is 13.1 Å². The zero-order valence-electron chi connectivity index (χ0n) is 7.90. The van der Waals surface area contributed by atoms with Gasteiger partial charge in [-0.05, 0) is 12.8 Å². The Morgan fingerprint density at radius 1 is 1.50 bits per heavy atom. The van der Waals surface area contributed by atoms with Crippen molar-refractivity contribution in [1.29, 1.82) is 0 Å². The SMILES string of the molecule is O=C1CC[C@H](C(=O)N2CCC(O)C2)N1. The molecule has 0 aromatic heterocycles. The molecule has 2 N–H and O–H groups in total. The van der Waals surface area contributed by atoms with E-state index in [2.05, 4.69) is 5.32 Å². The second-order valence-electron chi connectivity index (χ2n) is 3.89. The lowest BCUT2D eigenvalue weighted by molar-refractivity contribution is -0.133. The van der Waals surface area contributed by atoms with Gasteiger partial charge in [-0.25, -0.2) is 0 Å². The van der Waals surface area contributed by atoms with Gasteiger partial charge in [-0.15, -0.1) is 0 Å². The van der Waals surface area contributed by atoms with Crippen LogP contribution in [0.4, 0.5) is 0 Å². The molecule has 2 aliphatic rings. The number of hydrogen-bond donors (Lipinski definition) is 2. The average molecular weight is 198 g/mol. The monoisotopic (exact) mass is 198 g/mol. The molecule has 0 spiro atoms. The van der Waals surface area contributed by atoms with Crippen LogP contribution in [0.5, 0.6) is 0 Å². The molecule has 1 unspecified atom stereocenters. The Bertz CT molecular complexity index is 267. The van der Waals surface area contributed by atoms with E-state index in [9.17, 15) is 14.7 Å². The Hall–Kier alpha value is -1.10. The first-order chi connectivity index (χ1) is 6.66. The number of carbonyl (C=O) groups is 2. The van der Waals surface area contributed by atoms with E-state index in [1.54, 1.807) is 4.90 Å². The molecular weight excluding hydrogens is 184 g/mol. The van der Waals surface area contributed by atoms with E-state index in [4.69, 9.17) is 0 Å². The van der Waals surface area contributed by atoms with Gasteiger partial charge in [0, 0.05) is 19.5 Å². The van der Waals surface area contributed by atoms with E-state index in [-0.39, 0.29) is 17.9 Å². The second-order valence-corrected chi connectivity index (χ2v) is 3.89. The summed E-state index contributed by atoms with van der Waals surface area (Å²) in [5.74, 6) is -0.101. The van der Waals surface area contributed by atoms with E-state index in [1.807, 2.05) is 0 Å². The predicted octanol–water partition coefficient (Wildman–Crippen LogP) is -1.14. The van der Waals surface area contributed by atoms with Crippen LogP contribution < -0.4 is 5.32 Å². The van der Waals surface area contributed by atoms with Crippen molar-refractivity contribution in [2.45, 2.75) is 31.4 Å². The van der Waals surface area contributed by atoms with Crippen molar-refractivity contribution in [3.05, 3.63) is 0 Å². The first-order valence-corrected chi connectivity index (χ1v) is 4.93. The van der Waals surface area contributed by atoms with E-state index in [0.29, 0.717) is 32.4 Å². The number of likely N-dealkylation sites (tertiary alicyclic amines) is 1. The highest BCUT2D eigenvalue weighted by molar-refractivity contribution is 5.90. The normalized spacial score (nSPS) is 32.1. The number of carbonyl (C=O) groups excluding carboxylic acids is 2. The van der Waals surface area contributed by atoms with Gasteiger partial charge >= 0.3 is 0 Å². The molecule has 14 heavy (non-hydrogen) atoms. The van der Waals surface area contributed by atoms with Crippen LogP contribution in [-0.4, -0.2) is 47.1 Å². The van der Waals surface area contributed by atoms with E-state index in [1.165, 1.54) is 0 Å². The minimum absolute atomic E-state index is 0.0487. The van der Waals surface area contributed by atoms with E-state index in [0.717, 1.165) is 0 Å². The van der Waals surface area contributed by atoms with E-state index < -0.39 is 6.10 Å². The Morgan fingerprint density at radius 2 is 2.29 bits per heavy atom. The highest BCUT2D eigenvalue weighted by Gasteiger charge is 2.33. The quantitative estimate of drug-likeness (QED) is 0.559. The molecule has 2 aliphatic heterocycles. The van der Waals surface area contributed by atoms with Gasteiger partial charge < -0.3 is 15.3 Å². The van der Waals surface area contributed by atoms with Crippen LogP contribution in [0, 0.1) is 0 Å². The summed E-state index contributed by atoms with van der Waals surface area (Å²) < 4.78 is 0. The fourth-order valence-electron chi connectivity index (χ4n) is 1.96. The largest absolute Gasteiger partial charge is 0.391 e. The summed E-state index contributed by atoms with van der Waals surface area (Å²) in [6.45, 7) is 1.01. The fourth-order valence-corrected chi connectivity index (χ4v) is 1.96. The topological polar surface area (TPSA) is 69.6 Å². The van der Waals surface area contributed by atoms with Gasteiger partial charge in [0.15, 0.2) is 0 Å². The van der Waals surface area contributed by atoms with Crippen molar-refractivity contribution >= 4 is 11.8 Å². The van der Waals surface area contributed by atoms with Crippen LogP contribution in [0.25, 0.3) is 0 Å². The highest BCUT2D eigenvalue weighted by Crippen LogP contribution is 2.14. The summed E-state index contributed by atoms with van der Waals surface area (Å²) in [6, 6.07) is -0.354. The average Bonchev–Trinajstić information content (AvgIpc) is 2.73. The summed E-state index contributed by atoms with van der Waals surface area (Å²) in [5, 5.41) is 11.9. The predicted molar refractivity (Wildman–Crippen MR) is 48.4 cm³/mol. The smallest absolute Gasteiger partial charge is 0.245 e. The van der Waals surface area contributed by atoms with Crippen molar-refractivity contribution in [3.8, 4) is 0 Å². The van der Waals surface area contributed by atoms with Crippen LogP contribution in [0.2, 0.25) is 0 Å². The third-order valence-electron chi connectivity index (χ3n) is 2.77. The van der Waals surface area contributed by atoms with Crippen molar-refractivity contribution in [2.24, 2.45) is 0 Å². The van der Waals surface area contributed by atoms with Crippen LogP contribution in [0.1, 0.15) is 19.3 Å². The summed E-state index contributed by atoms with van der Waals surface area (Å²) in [4.78, 5) is 24.3. The number of amides is 2. The molecular formula is C9H14N2O3. The Labute approximate surface area is 82.1 Å². The minimum Gasteiger partial charge on any atom is -0.391 e. The maximum atomic E-state index is 11.7. The first-order valence-electron chi connectivity index (χ1n) is 4.93. The van der Waals surface area contributed by atoms with Gasteiger partial charge in [-0.1, -0.05) is 0 Å². The Kier molecular flexibility index (Phi) is 2.41. The summed E-state index contributed by atoms with van der Waals surface area (Å²) in [5.41, 5.74) is 0. The maximum absolute atomic E-state index is 11.7. The Morgan fingerprint density at radius 3 is 2.79 bits per heavy atom. The number of nitrogens with zero attached hydrogens (tertiary/aromatic N) is 1. The number of hydrogen-bond acceptors (Lipinski definition) is 3. The number of aliphatic hydroxyl groups excluding tert-OH is 1. The Balaban J connectivity index is 1.92. The first kappa shape index (κ1) is 9.45. The summed E-state index contributed by atoms with van der Waals surface area (Å²) >= 11 is 0. The molecule has 78 valence electrons. The zero-order chi connectivity index (χ0) is 10.1. The lowest BCUT2D eigenvalue weighted by atomic mass is 10.2. The highest BCUT2D eigenvalue weighted by atomic mass is 16.3. The molecule has 2 fully saturated rings. The van der Waals surface area contributed by atoms with Crippen LogP contribution in [0.3, 0.4) is 0 Å². The molecule has 0 aromatic rings. The standard InChI is InChI=1S/C9H14N2O3/c12-6-3-4-11(5-6)9(14)7-1-2-8(13)10-7/h6-7,12H,1-5H2,(H,10,13)/t6?,7-/m1/s1. The molecule has 2 saturated heterocycles. The van der Waals surface area contributed by atoms with Crippen molar-refractivity contribution < 1.29 is 14.7 Å². The van der Waals surface area contributed by atoms with Crippen molar-refractivity contribution in [1.82, 2.24) is 10.2 Å². The molecule has 2 rings (SSSR count). The minimum atomic E-state index is -0.393. The van der Waals surface area contributed by atoms with Gasteiger partial charge in [0.05, 0.1) is 6.10 Å². The lowest BCUT2D eigenvalue weighted by Crippen LogP contribution is -2.43. The van der Waals surface area contributed by atoms with E-state index >= 15 is 0 Å². The molecule has 5 nitrogen and oxygen atoms in total. The second kappa shape index (κ2) is 3.57. The van der Waals surface area contributed by atoms with Crippen LogP contribution in [-0.2, 0) is 9.59 Å². The van der Waals surface area contributed by atoms with Crippen LogP contribution >= 0.6 is 0 Å². The van der Waals surface area contributed by atoms with Crippen LogP contribution in [0.15, 0.2) is 0 Å². The number of aliphatic hydroxyl groups is 1. The zero-order valence-corrected chi connectivity index (χ0v) is 7.90. The van der Waals surface area contributed by atoms with Gasteiger partial charge in [-0.2, -0.15) is 0 Å². The van der Waals surface area contributed by atoms with Gasteiger partial charge in [-0.3, -0.25) is 9.59 Å². The van der Waals surface area contributed by atoms with Gasteiger partial charge in [0.1, 0.15) is 6.04 Å². The van der Waals surface area contributed by atoms with Crippen molar-refractivity contribution in [3.63, 3.8) is 0 Å². The fraction of sp³-hybridized carbons (Fsp3) is 0.778.